The topological polar surface area (TPSA) is 52.7 Å². The van der Waals surface area contributed by atoms with E-state index in [1.54, 1.807) is 47.3 Å². The van der Waals surface area contributed by atoms with Crippen LogP contribution in [0, 0.1) is 11.6 Å². The zero-order valence-corrected chi connectivity index (χ0v) is 23.6. The molecule has 5 nitrogen and oxygen atoms in total. The minimum absolute atomic E-state index is 0.240. The van der Waals surface area contributed by atoms with Crippen LogP contribution in [0.2, 0.25) is 0 Å². The molecule has 4 aromatic rings. The molecule has 2 aliphatic rings. The lowest BCUT2D eigenvalue weighted by Gasteiger charge is -2.40. The summed E-state index contributed by atoms with van der Waals surface area (Å²) in [6.45, 7) is 3.39. The first kappa shape index (κ1) is 27.0. The van der Waals surface area contributed by atoms with Crippen molar-refractivity contribution in [3.63, 3.8) is 0 Å². The molecule has 1 fully saturated rings. The molecular formula is C31H29F2N3O2S2. The minimum Gasteiger partial charge on any atom is -0.354 e. The molecule has 2 aliphatic heterocycles. The number of rotatable bonds is 6. The summed E-state index contributed by atoms with van der Waals surface area (Å²) in [5.41, 5.74) is 4.41. The van der Waals surface area contributed by atoms with Crippen molar-refractivity contribution in [3.05, 3.63) is 119 Å². The third kappa shape index (κ3) is 5.26. The molecule has 1 N–H and O–H groups in total. The fraction of sp³-hybridized carbons (Fsp3) is 0.226. The van der Waals surface area contributed by atoms with Gasteiger partial charge in [-0.05, 0) is 72.1 Å². The quantitative estimate of drug-likeness (QED) is 0.236. The Morgan fingerprint density at radius 1 is 0.725 bits per heavy atom. The molecule has 1 atom stereocenters. The zero-order chi connectivity index (χ0) is 27.9. The molecule has 1 unspecified atom stereocenters. The summed E-state index contributed by atoms with van der Waals surface area (Å²) in [4.78, 5) is 4.38. The molecule has 0 bridgehead atoms. The minimum atomic E-state index is -3.62. The molecule has 9 heteroatoms. The third-order valence-electron chi connectivity index (χ3n) is 7.67. The maximum atomic E-state index is 13.7. The van der Waals surface area contributed by atoms with E-state index < -0.39 is 15.3 Å². The van der Waals surface area contributed by atoms with E-state index in [2.05, 4.69) is 16.3 Å². The summed E-state index contributed by atoms with van der Waals surface area (Å²) in [6, 6.07) is 26.2. The van der Waals surface area contributed by atoms with Crippen LogP contribution >= 0.6 is 11.8 Å². The van der Waals surface area contributed by atoms with Gasteiger partial charge in [-0.15, -0.1) is 0 Å². The van der Waals surface area contributed by atoms with Gasteiger partial charge in [0.1, 0.15) is 11.6 Å². The standard InChI is InChI=1S/C31H29F2N3O2S2/c1-21(24-10-15-30-28(20-24)34-27-4-2-3-5-29(27)39-30)40(37,38)36-18-16-35(17-19-36)31(22-6-11-25(32)12-7-22)23-8-13-26(33)14-9-23/h2-15,20-21,31,34H,16-19H2,1H3. The third-order valence-corrected chi connectivity index (χ3v) is 11.1. The second-order valence-corrected chi connectivity index (χ2v) is 13.4. The molecule has 40 heavy (non-hydrogen) atoms. The number of para-hydroxylation sites is 1. The summed E-state index contributed by atoms with van der Waals surface area (Å²) >= 11 is 1.67. The number of hydrogen-bond donors (Lipinski definition) is 1. The molecule has 0 aliphatic carbocycles. The monoisotopic (exact) mass is 577 g/mol. The Morgan fingerprint density at radius 2 is 1.27 bits per heavy atom. The molecule has 6 rings (SSSR count). The molecule has 0 aromatic heterocycles. The van der Waals surface area contributed by atoms with Crippen LogP contribution in [-0.4, -0.2) is 43.8 Å². The van der Waals surface area contributed by atoms with Crippen molar-refractivity contribution >= 4 is 33.2 Å². The predicted octanol–water partition coefficient (Wildman–Crippen LogP) is 6.97. The van der Waals surface area contributed by atoms with Gasteiger partial charge >= 0.3 is 0 Å². The Bertz CT molecular complexity index is 1580. The van der Waals surface area contributed by atoms with Gasteiger partial charge in [-0.3, -0.25) is 4.90 Å². The largest absolute Gasteiger partial charge is 0.354 e. The summed E-state index contributed by atoms with van der Waals surface area (Å²) in [6.07, 6.45) is 0. The zero-order valence-electron chi connectivity index (χ0n) is 21.9. The highest BCUT2D eigenvalue weighted by Crippen LogP contribution is 2.45. The van der Waals surface area contributed by atoms with E-state index in [0.717, 1.165) is 37.9 Å². The van der Waals surface area contributed by atoms with Gasteiger partial charge in [0.05, 0.1) is 22.7 Å². The van der Waals surface area contributed by atoms with Crippen molar-refractivity contribution in [2.45, 2.75) is 28.0 Å². The molecule has 0 radical (unpaired) electrons. The second kappa shape index (κ2) is 11.0. The maximum absolute atomic E-state index is 13.7. The molecular weight excluding hydrogens is 548 g/mol. The first-order valence-corrected chi connectivity index (χ1v) is 15.5. The highest BCUT2D eigenvalue weighted by Gasteiger charge is 2.35. The number of nitrogens with zero attached hydrogens (tertiary/aromatic N) is 2. The molecule has 1 saturated heterocycles. The van der Waals surface area contributed by atoms with Gasteiger partial charge in [0, 0.05) is 36.0 Å². The Hall–Kier alpha value is -3.24. The van der Waals surface area contributed by atoms with Crippen molar-refractivity contribution in [2.24, 2.45) is 0 Å². The number of sulfonamides is 1. The average molecular weight is 578 g/mol. The van der Waals surface area contributed by atoms with E-state index in [1.807, 2.05) is 36.4 Å². The number of benzene rings is 4. The number of fused-ring (bicyclic) bond motifs is 2. The van der Waals surface area contributed by atoms with Crippen LogP contribution in [0.5, 0.6) is 0 Å². The fourth-order valence-corrected chi connectivity index (χ4v) is 8.00. The van der Waals surface area contributed by atoms with Crippen molar-refractivity contribution in [2.75, 3.05) is 31.5 Å². The van der Waals surface area contributed by atoms with Gasteiger partial charge in [0.25, 0.3) is 0 Å². The van der Waals surface area contributed by atoms with Gasteiger partial charge in [0.2, 0.25) is 10.0 Å². The lowest BCUT2D eigenvalue weighted by molar-refractivity contribution is 0.155. The fourth-order valence-electron chi connectivity index (χ4n) is 5.43. The normalized spacial score (nSPS) is 16.7. The van der Waals surface area contributed by atoms with Gasteiger partial charge in [-0.1, -0.05) is 54.2 Å². The van der Waals surface area contributed by atoms with E-state index in [0.29, 0.717) is 26.2 Å². The lowest BCUT2D eigenvalue weighted by Crippen LogP contribution is -2.50. The Labute approximate surface area is 237 Å². The predicted molar refractivity (Wildman–Crippen MR) is 155 cm³/mol. The second-order valence-electron chi connectivity index (χ2n) is 10.1. The van der Waals surface area contributed by atoms with E-state index in [1.165, 1.54) is 24.3 Å². The van der Waals surface area contributed by atoms with Crippen LogP contribution < -0.4 is 5.32 Å². The Morgan fingerprint density at radius 3 is 1.90 bits per heavy atom. The summed E-state index contributed by atoms with van der Waals surface area (Å²) in [7, 11) is -3.62. The molecule has 206 valence electrons. The van der Waals surface area contributed by atoms with Crippen LogP contribution in [0.15, 0.2) is 101 Å². The number of anilines is 2. The average Bonchev–Trinajstić information content (AvgIpc) is 2.97. The molecule has 4 aromatic carbocycles. The smallest absolute Gasteiger partial charge is 0.220 e. The van der Waals surface area contributed by atoms with Crippen LogP contribution in [0.1, 0.15) is 34.9 Å². The first-order chi connectivity index (χ1) is 19.3. The number of halogens is 2. The van der Waals surface area contributed by atoms with Crippen molar-refractivity contribution in [1.29, 1.82) is 0 Å². The summed E-state index contributed by atoms with van der Waals surface area (Å²) < 4.78 is 56.4. The molecule has 0 spiro atoms. The van der Waals surface area contributed by atoms with Crippen LogP contribution in [0.3, 0.4) is 0 Å². The highest BCUT2D eigenvalue weighted by atomic mass is 32.2. The van der Waals surface area contributed by atoms with Gasteiger partial charge in [-0.2, -0.15) is 4.31 Å². The molecule has 0 saturated carbocycles. The summed E-state index contributed by atoms with van der Waals surface area (Å²) in [5, 5.41) is 2.73. The maximum Gasteiger partial charge on any atom is 0.220 e. The van der Waals surface area contributed by atoms with E-state index in [4.69, 9.17) is 0 Å². The first-order valence-electron chi connectivity index (χ1n) is 13.2. The highest BCUT2D eigenvalue weighted by molar-refractivity contribution is 7.99. The number of piperazine rings is 1. The Kier molecular flexibility index (Phi) is 7.39. The number of nitrogens with one attached hydrogen (secondary N) is 1. The SMILES string of the molecule is CC(c1ccc2c(c1)Nc1ccccc1S2)S(=O)(=O)N1CCN(C(c2ccc(F)cc2)c2ccc(F)cc2)CC1. The van der Waals surface area contributed by atoms with Crippen molar-refractivity contribution in [1.82, 2.24) is 9.21 Å². The van der Waals surface area contributed by atoms with E-state index in [9.17, 15) is 17.2 Å². The lowest BCUT2D eigenvalue weighted by atomic mass is 9.96. The number of hydrogen-bond acceptors (Lipinski definition) is 5. The summed E-state index contributed by atoms with van der Waals surface area (Å²) in [5.74, 6) is -0.654. The Balaban J connectivity index is 1.19. The molecule has 2 heterocycles. The van der Waals surface area contributed by atoms with Gasteiger partial charge in [0.15, 0.2) is 0 Å². The van der Waals surface area contributed by atoms with Crippen LogP contribution in [0.25, 0.3) is 0 Å². The van der Waals surface area contributed by atoms with E-state index in [-0.39, 0.29) is 17.7 Å². The van der Waals surface area contributed by atoms with Crippen molar-refractivity contribution < 1.29 is 17.2 Å². The van der Waals surface area contributed by atoms with Gasteiger partial charge < -0.3 is 5.32 Å². The van der Waals surface area contributed by atoms with Crippen molar-refractivity contribution in [3.8, 4) is 0 Å². The van der Waals surface area contributed by atoms with Crippen LogP contribution in [0.4, 0.5) is 20.2 Å². The van der Waals surface area contributed by atoms with Crippen LogP contribution in [-0.2, 0) is 10.0 Å². The molecule has 0 amide bonds. The van der Waals surface area contributed by atoms with Gasteiger partial charge in [-0.25, -0.2) is 17.2 Å². The van der Waals surface area contributed by atoms with E-state index >= 15 is 0 Å².